The van der Waals surface area contributed by atoms with Crippen LogP contribution < -0.4 is 11.1 Å². The summed E-state index contributed by atoms with van der Waals surface area (Å²) in [4.78, 5) is 7.99. The Hall–Kier alpha value is -1.52. The zero-order valence-electron chi connectivity index (χ0n) is 9.04. The molecule has 0 aliphatic heterocycles. The van der Waals surface area contributed by atoms with Gasteiger partial charge in [-0.15, -0.1) is 0 Å². The summed E-state index contributed by atoms with van der Waals surface area (Å²) < 4.78 is 0. The first-order chi connectivity index (χ1) is 8.06. The monoisotopic (exact) mass is 268 g/mol. The predicted molar refractivity (Wildman–Crippen MR) is 70.9 cm³/mol. The van der Waals surface area contributed by atoms with E-state index in [4.69, 9.17) is 28.9 Å². The fourth-order valence-electron chi connectivity index (χ4n) is 1.35. The van der Waals surface area contributed by atoms with E-state index in [0.29, 0.717) is 22.2 Å². The molecule has 2 aromatic rings. The highest BCUT2D eigenvalue weighted by Crippen LogP contribution is 2.25. The molecule has 0 bridgehead atoms. The van der Waals surface area contributed by atoms with Crippen LogP contribution in [-0.4, -0.2) is 9.97 Å². The second-order valence-corrected chi connectivity index (χ2v) is 4.25. The lowest BCUT2D eigenvalue weighted by molar-refractivity contribution is 1.11. The second-order valence-electron chi connectivity index (χ2n) is 3.48. The van der Waals surface area contributed by atoms with Gasteiger partial charge < -0.3 is 11.1 Å². The van der Waals surface area contributed by atoms with E-state index in [9.17, 15) is 0 Å². The van der Waals surface area contributed by atoms with Gasteiger partial charge in [0.05, 0.1) is 11.4 Å². The van der Waals surface area contributed by atoms with Gasteiger partial charge in [0.1, 0.15) is 0 Å². The van der Waals surface area contributed by atoms with Gasteiger partial charge >= 0.3 is 0 Å². The van der Waals surface area contributed by atoms with Crippen LogP contribution in [-0.2, 0) is 0 Å². The van der Waals surface area contributed by atoms with Crippen LogP contribution >= 0.6 is 23.2 Å². The van der Waals surface area contributed by atoms with Crippen molar-refractivity contribution in [3.8, 4) is 0 Å². The lowest BCUT2D eigenvalue weighted by Crippen LogP contribution is -2.03. The number of aromatic nitrogens is 2. The molecule has 1 aromatic heterocycles. The van der Waals surface area contributed by atoms with Crippen LogP contribution in [0, 0.1) is 6.92 Å². The molecular weight excluding hydrogens is 259 g/mol. The quantitative estimate of drug-likeness (QED) is 0.820. The third-order valence-corrected chi connectivity index (χ3v) is 2.60. The Bertz CT molecular complexity index is 557. The minimum atomic E-state index is 0.154. The zero-order chi connectivity index (χ0) is 12.4. The number of hydrogen-bond acceptors (Lipinski definition) is 4. The predicted octanol–water partition coefficient (Wildman–Crippen LogP) is 3.42. The fraction of sp³-hybridized carbons (Fsp3) is 0.0909. The van der Waals surface area contributed by atoms with Crippen molar-refractivity contribution >= 4 is 40.4 Å². The molecule has 6 heteroatoms. The van der Waals surface area contributed by atoms with Gasteiger partial charge in [0.15, 0.2) is 5.82 Å². The highest BCUT2D eigenvalue weighted by molar-refractivity contribution is 6.30. The number of anilines is 3. The van der Waals surface area contributed by atoms with E-state index in [1.54, 1.807) is 19.1 Å². The fourth-order valence-corrected chi connectivity index (χ4v) is 1.75. The molecule has 0 aliphatic carbocycles. The first-order valence-electron chi connectivity index (χ1n) is 4.88. The molecule has 4 nitrogen and oxygen atoms in total. The number of nitrogens with two attached hydrogens (primary N) is 1. The maximum Gasteiger partial charge on any atom is 0.224 e. The van der Waals surface area contributed by atoms with E-state index in [0.717, 1.165) is 5.69 Å². The summed E-state index contributed by atoms with van der Waals surface area (Å²) in [6, 6.07) is 7.24. The third-order valence-electron chi connectivity index (χ3n) is 2.20. The Kier molecular flexibility index (Phi) is 3.36. The van der Waals surface area contributed by atoms with E-state index in [-0.39, 0.29) is 5.28 Å². The van der Waals surface area contributed by atoms with E-state index in [1.807, 2.05) is 12.1 Å². The molecule has 88 valence electrons. The summed E-state index contributed by atoms with van der Waals surface area (Å²) in [5.41, 5.74) is 7.75. The molecule has 0 radical (unpaired) electrons. The average molecular weight is 269 g/mol. The van der Waals surface area contributed by atoms with E-state index in [2.05, 4.69) is 15.3 Å². The molecule has 0 amide bonds. The number of nitrogens with one attached hydrogen (secondary N) is 1. The largest absolute Gasteiger partial charge is 0.394 e. The average Bonchev–Trinajstić information content (AvgIpc) is 2.25. The molecule has 0 spiro atoms. The zero-order valence-corrected chi connectivity index (χ0v) is 10.5. The van der Waals surface area contributed by atoms with Crippen molar-refractivity contribution in [2.75, 3.05) is 11.1 Å². The van der Waals surface area contributed by atoms with E-state index < -0.39 is 0 Å². The molecule has 0 unspecified atom stereocenters. The highest BCUT2D eigenvalue weighted by atomic mass is 35.5. The van der Waals surface area contributed by atoms with Crippen LogP contribution in [0.3, 0.4) is 0 Å². The van der Waals surface area contributed by atoms with Gasteiger partial charge in [-0.1, -0.05) is 17.7 Å². The van der Waals surface area contributed by atoms with Crippen molar-refractivity contribution in [2.45, 2.75) is 6.92 Å². The molecule has 0 saturated carbocycles. The lowest BCUT2D eigenvalue weighted by Gasteiger charge is -2.10. The minimum Gasteiger partial charge on any atom is -0.394 e. The van der Waals surface area contributed by atoms with Crippen molar-refractivity contribution in [3.63, 3.8) is 0 Å². The SMILES string of the molecule is Cc1nc(Cl)nc(Nc2cccc(Cl)c2)c1N. The normalized spacial score (nSPS) is 10.3. The summed E-state index contributed by atoms with van der Waals surface area (Å²) in [6.07, 6.45) is 0. The smallest absolute Gasteiger partial charge is 0.224 e. The maximum absolute atomic E-state index is 5.88. The number of hydrogen-bond donors (Lipinski definition) is 2. The summed E-state index contributed by atoms with van der Waals surface area (Å²) in [5.74, 6) is 0.477. The van der Waals surface area contributed by atoms with Gasteiger partial charge in [-0.25, -0.2) is 4.98 Å². The van der Waals surface area contributed by atoms with Gasteiger partial charge in [0.25, 0.3) is 0 Å². The Balaban J connectivity index is 2.36. The van der Waals surface area contributed by atoms with Crippen LogP contribution in [0.25, 0.3) is 0 Å². The number of aryl methyl sites for hydroxylation is 1. The van der Waals surface area contributed by atoms with Crippen LogP contribution in [0.1, 0.15) is 5.69 Å². The van der Waals surface area contributed by atoms with Gasteiger partial charge in [-0.3, -0.25) is 0 Å². The van der Waals surface area contributed by atoms with Gasteiger partial charge in [-0.05, 0) is 36.7 Å². The Morgan fingerprint density at radius 2 is 2.00 bits per heavy atom. The topological polar surface area (TPSA) is 63.8 Å². The molecule has 2 rings (SSSR count). The van der Waals surface area contributed by atoms with Gasteiger partial charge in [-0.2, -0.15) is 4.98 Å². The number of halogens is 2. The van der Waals surface area contributed by atoms with Crippen molar-refractivity contribution in [2.24, 2.45) is 0 Å². The van der Waals surface area contributed by atoms with Crippen LogP contribution in [0.2, 0.25) is 10.3 Å². The minimum absolute atomic E-state index is 0.154. The van der Waals surface area contributed by atoms with Crippen LogP contribution in [0.15, 0.2) is 24.3 Å². The highest BCUT2D eigenvalue weighted by Gasteiger charge is 2.07. The van der Waals surface area contributed by atoms with Gasteiger partial charge in [0, 0.05) is 10.7 Å². The summed E-state index contributed by atoms with van der Waals surface area (Å²) >= 11 is 11.7. The lowest BCUT2D eigenvalue weighted by atomic mass is 10.3. The summed E-state index contributed by atoms with van der Waals surface area (Å²) in [6.45, 7) is 1.77. The first-order valence-corrected chi connectivity index (χ1v) is 5.64. The van der Waals surface area contributed by atoms with E-state index >= 15 is 0 Å². The van der Waals surface area contributed by atoms with Crippen molar-refractivity contribution < 1.29 is 0 Å². The molecule has 17 heavy (non-hydrogen) atoms. The van der Waals surface area contributed by atoms with Crippen molar-refractivity contribution in [1.82, 2.24) is 9.97 Å². The van der Waals surface area contributed by atoms with Gasteiger partial charge in [0.2, 0.25) is 5.28 Å². The number of rotatable bonds is 2. The molecule has 0 fully saturated rings. The number of benzene rings is 1. The number of nitrogen functional groups attached to an aromatic ring is 1. The molecule has 3 N–H and O–H groups in total. The van der Waals surface area contributed by atoms with Crippen LogP contribution in [0.5, 0.6) is 0 Å². The molecular formula is C11H10Cl2N4. The Morgan fingerprint density at radius 3 is 2.71 bits per heavy atom. The molecule has 0 aliphatic rings. The third kappa shape index (κ3) is 2.78. The Morgan fingerprint density at radius 1 is 1.24 bits per heavy atom. The van der Waals surface area contributed by atoms with Crippen molar-refractivity contribution in [1.29, 1.82) is 0 Å². The van der Waals surface area contributed by atoms with Crippen LogP contribution in [0.4, 0.5) is 17.2 Å². The molecule has 0 atom stereocenters. The summed E-state index contributed by atoms with van der Waals surface area (Å²) in [7, 11) is 0. The molecule has 0 saturated heterocycles. The summed E-state index contributed by atoms with van der Waals surface area (Å²) in [5, 5.41) is 3.83. The molecule has 1 aromatic carbocycles. The second kappa shape index (κ2) is 4.77. The van der Waals surface area contributed by atoms with Crippen molar-refractivity contribution in [3.05, 3.63) is 40.3 Å². The Labute approximate surface area is 109 Å². The van der Waals surface area contributed by atoms with E-state index in [1.165, 1.54) is 0 Å². The molecule has 1 heterocycles. The maximum atomic E-state index is 5.88. The standard InChI is InChI=1S/C11H10Cl2N4/c1-6-9(14)10(17-11(13)15-6)16-8-4-2-3-7(12)5-8/h2-5H,14H2,1H3,(H,15,16,17). The first kappa shape index (κ1) is 12.0. The number of nitrogens with zero attached hydrogens (tertiary/aromatic N) is 2.